The Morgan fingerprint density at radius 2 is 2.47 bits per heavy atom. The van der Waals surface area contributed by atoms with Crippen molar-refractivity contribution in [1.29, 1.82) is 0 Å². The van der Waals surface area contributed by atoms with Crippen LogP contribution < -0.4 is 5.32 Å². The van der Waals surface area contributed by atoms with Gasteiger partial charge in [-0.1, -0.05) is 13.3 Å². The highest BCUT2D eigenvalue weighted by molar-refractivity contribution is 9.10. The van der Waals surface area contributed by atoms with Gasteiger partial charge in [-0.15, -0.1) is 11.3 Å². The summed E-state index contributed by atoms with van der Waals surface area (Å²) in [4.78, 5) is 1.50. The van der Waals surface area contributed by atoms with Gasteiger partial charge in [0.1, 0.15) is 0 Å². The van der Waals surface area contributed by atoms with Crippen molar-refractivity contribution in [2.75, 3.05) is 6.54 Å². The largest absolute Gasteiger partial charge is 0.314 e. The Morgan fingerprint density at radius 3 is 3.13 bits per heavy atom. The van der Waals surface area contributed by atoms with Gasteiger partial charge in [0.25, 0.3) is 0 Å². The Morgan fingerprint density at radius 1 is 1.60 bits per heavy atom. The van der Waals surface area contributed by atoms with Crippen LogP contribution in [0.5, 0.6) is 0 Å². The van der Waals surface area contributed by atoms with Crippen molar-refractivity contribution in [2.24, 2.45) is 5.92 Å². The fourth-order valence-corrected chi connectivity index (χ4v) is 3.86. The number of piperidine rings is 1. The zero-order valence-corrected chi connectivity index (χ0v) is 11.5. The minimum Gasteiger partial charge on any atom is -0.314 e. The predicted octanol–water partition coefficient (Wildman–Crippen LogP) is 3.83. The number of nitrogens with one attached hydrogen (secondary N) is 1. The van der Waals surface area contributed by atoms with Crippen LogP contribution in [0.15, 0.2) is 15.9 Å². The minimum atomic E-state index is 0.703. The van der Waals surface area contributed by atoms with E-state index in [9.17, 15) is 0 Å². The molecule has 1 nitrogen and oxygen atoms in total. The molecule has 0 radical (unpaired) electrons. The van der Waals surface area contributed by atoms with Gasteiger partial charge < -0.3 is 5.32 Å². The second-order valence-electron chi connectivity index (χ2n) is 4.39. The molecule has 1 N–H and O–H groups in total. The monoisotopic (exact) mass is 287 g/mol. The molecule has 3 heteroatoms. The molecule has 0 aromatic carbocycles. The zero-order chi connectivity index (χ0) is 10.7. The van der Waals surface area contributed by atoms with Crippen LogP contribution >= 0.6 is 27.3 Å². The highest BCUT2D eigenvalue weighted by Crippen LogP contribution is 2.25. The molecule has 0 amide bonds. The maximum Gasteiger partial charge on any atom is 0.0285 e. The van der Waals surface area contributed by atoms with Gasteiger partial charge in [-0.25, -0.2) is 0 Å². The third-order valence-electron chi connectivity index (χ3n) is 3.25. The minimum absolute atomic E-state index is 0.703. The Bertz CT molecular complexity index is 310. The molecule has 84 valence electrons. The van der Waals surface area contributed by atoms with Crippen molar-refractivity contribution >= 4 is 27.3 Å². The lowest BCUT2D eigenvalue weighted by Crippen LogP contribution is -2.39. The molecule has 15 heavy (non-hydrogen) atoms. The second-order valence-corrected chi connectivity index (χ2v) is 6.30. The van der Waals surface area contributed by atoms with Gasteiger partial charge in [-0.2, -0.15) is 0 Å². The van der Waals surface area contributed by atoms with E-state index in [1.165, 1.54) is 41.6 Å². The van der Waals surface area contributed by atoms with Crippen LogP contribution in [-0.4, -0.2) is 12.6 Å². The maximum absolute atomic E-state index is 3.63. The molecule has 2 heterocycles. The SMILES string of the molecule is CCC1CCNC(Cc2cc(Br)cs2)C1. The van der Waals surface area contributed by atoms with Crippen molar-refractivity contribution in [3.8, 4) is 0 Å². The molecule has 2 rings (SSSR count). The van der Waals surface area contributed by atoms with E-state index in [-0.39, 0.29) is 0 Å². The molecular formula is C12H18BrNS. The smallest absolute Gasteiger partial charge is 0.0285 e. The van der Waals surface area contributed by atoms with Crippen molar-refractivity contribution in [3.05, 3.63) is 20.8 Å². The fraction of sp³-hybridized carbons (Fsp3) is 0.667. The van der Waals surface area contributed by atoms with Crippen molar-refractivity contribution < 1.29 is 0 Å². The number of thiophene rings is 1. The summed E-state index contributed by atoms with van der Waals surface area (Å²) in [5, 5.41) is 5.81. The van der Waals surface area contributed by atoms with Gasteiger partial charge in [-0.3, -0.25) is 0 Å². The average molecular weight is 288 g/mol. The Hall–Kier alpha value is 0.140. The van der Waals surface area contributed by atoms with Gasteiger partial charge in [0, 0.05) is 20.8 Å². The van der Waals surface area contributed by atoms with E-state index in [1.807, 2.05) is 11.3 Å². The molecule has 0 bridgehead atoms. The molecule has 1 saturated heterocycles. The number of halogens is 1. The molecule has 1 aromatic heterocycles. The lowest BCUT2D eigenvalue weighted by molar-refractivity contribution is 0.295. The number of hydrogen-bond donors (Lipinski definition) is 1. The lowest BCUT2D eigenvalue weighted by atomic mass is 9.89. The van der Waals surface area contributed by atoms with Crippen LogP contribution in [0.25, 0.3) is 0 Å². The van der Waals surface area contributed by atoms with E-state index in [0.29, 0.717) is 6.04 Å². The van der Waals surface area contributed by atoms with Crippen LogP contribution in [0.4, 0.5) is 0 Å². The molecule has 1 fully saturated rings. The first-order valence-corrected chi connectivity index (χ1v) is 7.41. The van der Waals surface area contributed by atoms with Gasteiger partial charge in [0.2, 0.25) is 0 Å². The average Bonchev–Trinajstić information content (AvgIpc) is 2.64. The van der Waals surface area contributed by atoms with Crippen LogP contribution in [0.3, 0.4) is 0 Å². The molecule has 1 aliphatic heterocycles. The maximum atomic E-state index is 3.63. The predicted molar refractivity (Wildman–Crippen MR) is 70.5 cm³/mol. The first kappa shape index (κ1) is 11.6. The molecule has 1 aromatic rings. The summed E-state index contributed by atoms with van der Waals surface area (Å²) in [7, 11) is 0. The topological polar surface area (TPSA) is 12.0 Å². The first-order valence-electron chi connectivity index (χ1n) is 5.74. The molecule has 2 atom stereocenters. The highest BCUT2D eigenvalue weighted by Gasteiger charge is 2.20. The fourth-order valence-electron chi connectivity index (χ4n) is 2.33. The van der Waals surface area contributed by atoms with E-state index in [1.54, 1.807) is 0 Å². The summed E-state index contributed by atoms with van der Waals surface area (Å²) in [6.45, 7) is 3.52. The van der Waals surface area contributed by atoms with Gasteiger partial charge in [0.15, 0.2) is 0 Å². The van der Waals surface area contributed by atoms with Crippen LogP contribution in [0.2, 0.25) is 0 Å². The zero-order valence-electron chi connectivity index (χ0n) is 9.13. The molecular weight excluding hydrogens is 270 g/mol. The number of rotatable bonds is 3. The van der Waals surface area contributed by atoms with Crippen molar-refractivity contribution in [2.45, 2.75) is 38.6 Å². The van der Waals surface area contributed by atoms with E-state index in [0.717, 1.165) is 5.92 Å². The number of hydrogen-bond acceptors (Lipinski definition) is 2. The summed E-state index contributed by atoms with van der Waals surface area (Å²) in [5.41, 5.74) is 0. The molecule has 1 aliphatic rings. The van der Waals surface area contributed by atoms with Crippen molar-refractivity contribution in [3.63, 3.8) is 0 Å². The summed E-state index contributed by atoms with van der Waals surface area (Å²) in [6.07, 6.45) is 5.26. The lowest BCUT2D eigenvalue weighted by Gasteiger charge is -2.29. The van der Waals surface area contributed by atoms with E-state index in [4.69, 9.17) is 0 Å². The van der Waals surface area contributed by atoms with Gasteiger partial charge in [0.05, 0.1) is 0 Å². The summed E-state index contributed by atoms with van der Waals surface area (Å²) < 4.78 is 1.23. The highest BCUT2D eigenvalue weighted by atomic mass is 79.9. The Kier molecular flexibility index (Phi) is 4.23. The second kappa shape index (κ2) is 5.46. The molecule has 0 saturated carbocycles. The standard InChI is InChI=1S/C12H18BrNS/c1-2-9-3-4-14-11(5-9)7-12-6-10(13)8-15-12/h6,8-9,11,14H,2-5,7H2,1H3. The molecule has 0 spiro atoms. The van der Waals surface area contributed by atoms with Gasteiger partial charge in [-0.05, 0) is 53.7 Å². The molecule has 0 aliphatic carbocycles. The Labute approximate surface area is 104 Å². The van der Waals surface area contributed by atoms with E-state index < -0.39 is 0 Å². The van der Waals surface area contributed by atoms with Gasteiger partial charge >= 0.3 is 0 Å². The van der Waals surface area contributed by atoms with E-state index >= 15 is 0 Å². The quantitative estimate of drug-likeness (QED) is 0.891. The first-order chi connectivity index (χ1) is 7.28. The van der Waals surface area contributed by atoms with Crippen LogP contribution in [0.1, 0.15) is 31.1 Å². The normalized spacial score (nSPS) is 26.8. The van der Waals surface area contributed by atoms with Crippen molar-refractivity contribution in [1.82, 2.24) is 5.32 Å². The summed E-state index contributed by atoms with van der Waals surface area (Å²) in [6, 6.07) is 2.95. The van der Waals surface area contributed by atoms with E-state index in [2.05, 4.69) is 39.6 Å². The Balaban J connectivity index is 1.88. The van der Waals surface area contributed by atoms with Crippen LogP contribution in [0, 0.1) is 5.92 Å². The third kappa shape index (κ3) is 3.30. The molecule has 2 unspecified atom stereocenters. The summed E-state index contributed by atoms with van der Waals surface area (Å²) >= 11 is 5.38. The summed E-state index contributed by atoms with van der Waals surface area (Å²) in [5.74, 6) is 0.944. The third-order valence-corrected chi connectivity index (χ3v) is 4.97. The van der Waals surface area contributed by atoms with Crippen LogP contribution in [-0.2, 0) is 6.42 Å².